The Bertz CT molecular complexity index is 843. The Morgan fingerprint density at radius 3 is 2.77 bits per heavy atom. The van der Waals surface area contributed by atoms with E-state index in [1.807, 2.05) is 29.2 Å². The van der Waals surface area contributed by atoms with Crippen molar-refractivity contribution in [3.8, 4) is 5.75 Å². The van der Waals surface area contributed by atoms with Gasteiger partial charge >= 0.3 is 0 Å². The van der Waals surface area contributed by atoms with Crippen LogP contribution in [0.5, 0.6) is 5.75 Å². The number of carbonyl (C=O) groups excluding carboxylic acids is 2. The standard InChI is InChI=1S/C25H33NO4/c1-4-13-26-22(17-8-7-9-18(15-17)29-14-12-16(2)3)21-23(27)19-10-5-6-11-20(19)30-24(21)25(26)28/h7-9,15-16,19-20,22H,4-6,10-14H2,1-3H3. The van der Waals surface area contributed by atoms with E-state index in [4.69, 9.17) is 9.47 Å². The molecule has 2 aliphatic heterocycles. The first kappa shape index (κ1) is 21.0. The summed E-state index contributed by atoms with van der Waals surface area (Å²) >= 11 is 0. The van der Waals surface area contributed by atoms with Gasteiger partial charge in [-0.2, -0.15) is 0 Å². The maximum absolute atomic E-state index is 13.5. The molecule has 3 aliphatic rings. The number of benzene rings is 1. The Labute approximate surface area is 179 Å². The lowest BCUT2D eigenvalue weighted by atomic mass is 9.77. The van der Waals surface area contributed by atoms with Crippen molar-refractivity contribution < 1.29 is 19.1 Å². The maximum Gasteiger partial charge on any atom is 0.290 e. The molecule has 1 aromatic rings. The number of hydrogen-bond donors (Lipinski definition) is 0. The van der Waals surface area contributed by atoms with Crippen molar-refractivity contribution >= 4 is 11.7 Å². The largest absolute Gasteiger partial charge is 0.494 e. The highest BCUT2D eigenvalue weighted by molar-refractivity contribution is 6.11. The third-order valence-corrected chi connectivity index (χ3v) is 6.46. The molecule has 0 spiro atoms. The molecule has 4 rings (SSSR count). The summed E-state index contributed by atoms with van der Waals surface area (Å²) in [5.74, 6) is 1.52. The van der Waals surface area contributed by atoms with Crippen molar-refractivity contribution in [1.82, 2.24) is 4.90 Å². The maximum atomic E-state index is 13.5. The van der Waals surface area contributed by atoms with E-state index >= 15 is 0 Å². The van der Waals surface area contributed by atoms with Gasteiger partial charge in [0.25, 0.3) is 5.91 Å². The van der Waals surface area contributed by atoms with E-state index in [0.29, 0.717) is 30.4 Å². The predicted molar refractivity (Wildman–Crippen MR) is 115 cm³/mol. The van der Waals surface area contributed by atoms with E-state index in [-0.39, 0.29) is 29.8 Å². The topological polar surface area (TPSA) is 55.8 Å². The molecule has 0 saturated heterocycles. The number of rotatable bonds is 7. The average molecular weight is 412 g/mol. The molecule has 0 bridgehead atoms. The Morgan fingerprint density at radius 1 is 1.20 bits per heavy atom. The van der Waals surface area contributed by atoms with Crippen molar-refractivity contribution in [2.24, 2.45) is 11.8 Å². The average Bonchev–Trinajstić information content (AvgIpc) is 3.01. The second-order valence-corrected chi connectivity index (χ2v) is 9.16. The van der Waals surface area contributed by atoms with Crippen LogP contribution in [-0.2, 0) is 14.3 Å². The van der Waals surface area contributed by atoms with Crippen LogP contribution in [0.2, 0.25) is 0 Å². The summed E-state index contributed by atoms with van der Waals surface area (Å²) < 4.78 is 12.1. The van der Waals surface area contributed by atoms with E-state index in [1.165, 1.54) is 0 Å². The number of Topliss-reactive ketones (excluding diaryl/α,β-unsaturated/α-hetero) is 1. The smallest absolute Gasteiger partial charge is 0.290 e. The van der Waals surface area contributed by atoms with Crippen molar-refractivity contribution in [2.45, 2.75) is 71.4 Å². The second kappa shape index (κ2) is 8.83. The molecular weight excluding hydrogens is 378 g/mol. The number of nitrogens with zero attached hydrogens (tertiary/aromatic N) is 1. The van der Waals surface area contributed by atoms with Gasteiger partial charge in [0.15, 0.2) is 11.5 Å². The third-order valence-electron chi connectivity index (χ3n) is 6.46. The fourth-order valence-electron chi connectivity index (χ4n) is 4.90. The minimum atomic E-state index is -0.378. The normalized spacial score (nSPS) is 26.0. The van der Waals surface area contributed by atoms with E-state index < -0.39 is 0 Å². The summed E-state index contributed by atoms with van der Waals surface area (Å²) in [4.78, 5) is 28.5. The lowest BCUT2D eigenvalue weighted by Gasteiger charge is -2.35. The fraction of sp³-hybridized carbons (Fsp3) is 0.600. The van der Waals surface area contributed by atoms with E-state index in [1.54, 1.807) is 0 Å². The van der Waals surface area contributed by atoms with Crippen molar-refractivity contribution in [3.63, 3.8) is 0 Å². The molecule has 30 heavy (non-hydrogen) atoms. The van der Waals surface area contributed by atoms with Crippen LogP contribution in [0.4, 0.5) is 0 Å². The van der Waals surface area contributed by atoms with E-state index in [0.717, 1.165) is 49.8 Å². The van der Waals surface area contributed by atoms with Gasteiger partial charge in [-0.15, -0.1) is 0 Å². The van der Waals surface area contributed by atoms with Gasteiger partial charge in [0.1, 0.15) is 11.9 Å². The third kappa shape index (κ3) is 3.86. The summed E-state index contributed by atoms with van der Waals surface area (Å²) in [6.07, 6.45) is 5.50. The van der Waals surface area contributed by atoms with Crippen LogP contribution in [0.3, 0.4) is 0 Å². The Kier molecular flexibility index (Phi) is 6.16. The molecule has 1 saturated carbocycles. The molecule has 5 nitrogen and oxygen atoms in total. The van der Waals surface area contributed by atoms with Gasteiger partial charge in [-0.3, -0.25) is 9.59 Å². The first-order valence-corrected chi connectivity index (χ1v) is 11.5. The summed E-state index contributed by atoms with van der Waals surface area (Å²) in [5.41, 5.74) is 1.49. The summed E-state index contributed by atoms with van der Waals surface area (Å²) in [5, 5.41) is 0. The highest BCUT2D eigenvalue weighted by Gasteiger charge is 2.51. The van der Waals surface area contributed by atoms with E-state index in [2.05, 4.69) is 20.8 Å². The van der Waals surface area contributed by atoms with Gasteiger partial charge in [0, 0.05) is 6.54 Å². The molecule has 1 aliphatic carbocycles. The van der Waals surface area contributed by atoms with Crippen LogP contribution < -0.4 is 4.74 Å². The van der Waals surface area contributed by atoms with Crippen LogP contribution in [0.25, 0.3) is 0 Å². The zero-order valence-electron chi connectivity index (χ0n) is 18.4. The number of fused-ring (bicyclic) bond motifs is 1. The molecular formula is C25H33NO4. The van der Waals surface area contributed by atoms with Crippen molar-refractivity contribution in [1.29, 1.82) is 0 Å². The molecule has 2 heterocycles. The molecule has 0 N–H and O–H groups in total. The zero-order chi connectivity index (χ0) is 21.3. The Morgan fingerprint density at radius 2 is 2.00 bits per heavy atom. The van der Waals surface area contributed by atoms with Crippen molar-refractivity contribution in [3.05, 3.63) is 41.2 Å². The Balaban J connectivity index is 1.67. The molecule has 5 heteroatoms. The van der Waals surface area contributed by atoms with Gasteiger partial charge in [0.2, 0.25) is 0 Å². The summed E-state index contributed by atoms with van der Waals surface area (Å²) in [6, 6.07) is 7.49. The molecule has 162 valence electrons. The molecule has 1 amide bonds. The lowest BCUT2D eigenvalue weighted by Crippen LogP contribution is -2.39. The SMILES string of the molecule is CCCN1C(=O)C2=C(C(=O)C3CCCCC3O2)C1c1cccc(OCCC(C)C)c1. The molecule has 0 aromatic heterocycles. The quantitative estimate of drug-likeness (QED) is 0.646. The Hall–Kier alpha value is -2.30. The minimum absolute atomic E-state index is 0.111. The monoisotopic (exact) mass is 411 g/mol. The van der Waals surface area contributed by atoms with Gasteiger partial charge < -0.3 is 14.4 Å². The van der Waals surface area contributed by atoms with Gasteiger partial charge in [0.05, 0.1) is 24.1 Å². The molecule has 3 atom stereocenters. The predicted octanol–water partition coefficient (Wildman–Crippen LogP) is 4.82. The number of ether oxygens (including phenoxy) is 2. The highest BCUT2D eigenvalue weighted by Crippen LogP contribution is 2.47. The van der Waals surface area contributed by atoms with Crippen LogP contribution in [0, 0.1) is 11.8 Å². The number of carbonyl (C=O) groups is 2. The summed E-state index contributed by atoms with van der Waals surface area (Å²) in [7, 11) is 0. The highest BCUT2D eigenvalue weighted by atomic mass is 16.5. The zero-order valence-corrected chi connectivity index (χ0v) is 18.4. The number of amides is 1. The van der Waals surface area contributed by atoms with Gasteiger partial charge in [-0.1, -0.05) is 39.3 Å². The molecule has 3 unspecified atom stereocenters. The van der Waals surface area contributed by atoms with Crippen molar-refractivity contribution in [2.75, 3.05) is 13.2 Å². The van der Waals surface area contributed by atoms with Crippen LogP contribution >= 0.6 is 0 Å². The first-order chi connectivity index (χ1) is 14.5. The molecule has 1 fully saturated rings. The van der Waals surface area contributed by atoms with Crippen LogP contribution in [-0.4, -0.2) is 35.8 Å². The molecule has 0 radical (unpaired) electrons. The van der Waals surface area contributed by atoms with Gasteiger partial charge in [-0.25, -0.2) is 0 Å². The number of ketones is 1. The van der Waals surface area contributed by atoms with E-state index in [9.17, 15) is 9.59 Å². The number of hydrogen-bond acceptors (Lipinski definition) is 4. The molecule has 1 aromatic carbocycles. The second-order valence-electron chi connectivity index (χ2n) is 9.16. The minimum Gasteiger partial charge on any atom is -0.494 e. The lowest BCUT2D eigenvalue weighted by molar-refractivity contribution is -0.135. The van der Waals surface area contributed by atoms with Crippen LogP contribution in [0.1, 0.15) is 70.9 Å². The van der Waals surface area contributed by atoms with Crippen LogP contribution in [0.15, 0.2) is 35.6 Å². The first-order valence-electron chi connectivity index (χ1n) is 11.5. The fourth-order valence-corrected chi connectivity index (χ4v) is 4.90. The summed E-state index contributed by atoms with van der Waals surface area (Å²) in [6.45, 7) is 7.65. The van der Waals surface area contributed by atoms with Gasteiger partial charge in [-0.05, 0) is 55.7 Å².